The maximum atomic E-state index is 12.5. The molecule has 0 fully saturated rings. The molecule has 1 aromatic carbocycles. The molecule has 0 amide bonds. The molecule has 2 rings (SSSR count). The number of aryl methyl sites for hydroxylation is 1. The van der Waals surface area contributed by atoms with Gasteiger partial charge in [-0.3, -0.25) is 0 Å². The lowest BCUT2D eigenvalue weighted by atomic mass is 10.2. The van der Waals surface area contributed by atoms with Crippen molar-refractivity contribution in [3.8, 4) is 0 Å². The van der Waals surface area contributed by atoms with Crippen LogP contribution in [0.1, 0.15) is 12.0 Å². The van der Waals surface area contributed by atoms with E-state index in [2.05, 4.69) is 4.98 Å². The monoisotopic (exact) mass is 297 g/mol. The molecular formula is C11H9F6N3. The number of halogens is 6. The van der Waals surface area contributed by atoms with Gasteiger partial charge in [0.2, 0.25) is 5.95 Å². The number of benzene rings is 1. The SMILES string of the molecule is Nc1nc2cc(C(F)(F)F)ccc2n1CCC(F)(F)F. The molecule has 0 radical (unpaired) electrons. The Morgan fingerprint density at radius 1 is 1.10 bits per heavy atom. The fourth-order valence-electron chi connectivity index (χ4n) is 1.80. The van der Waals surface area contributed by atoms with Gasteiger partial charge >= 0.3 is 12.4 Å². The smallest absolute Gasteiger partial charge is 0.369 e. The van der Waals surface area contributed by atoms with Crippen molar-refractivity contribution in [2.45, 2.75) is 25.3 Å². The standard InChI is InChI=1S/C11H9F6N3/c12-10(13,14)3-4-20-8-2-1-6(11(15,16)17)5-7(8)19-9(20)18/h1-2,5H,3-4H2,(H2,18,19). The van der Waals surface area contributed by atoms with E-state index in [1.165, 1.54) is 0 Å². The number of nitrogens with two attached hydrogens (primary N) is 1. The van der Waals surface area contributed by atoms with Crippen LogP contribution in [0.25, 0.3) is 11.0 Å². The van der Waals surface area contributed by atoms with E-state index in [0.29, 0.717) is 0 Å². The van der Waals surface area contributed by atoms with E-state index in [1.807, 2.05) is 0 Å². The fourth-order valence-corrected chi connectivity index (χ4v) is 1.80. The van der Waals surface area contributed by atoms with Crippen molar-refractivity contribution in [1.29, 1.82) is 0 Å². The predicted octanol–water partition coefficient (Wildman–Crippen LogP) is 3.59. The number of aromatic nitrogens is 2. The molecule has 0 aliphatic rings. The number of rotatable bonds is 2. The maximum absolute atomic E-state index is 12.5. The highest BCUT2D eigenvalue weighted by molar-refractivity contribution is 5.79. The normalized spacial score (nSPS) is 13.1. The molecule has 0 atom stereocenters. The molecule has 0 unspecified atom stereocenters. The minimum absolute atomic E-state index is 0.0838. The van der Waals surface area contributed by atoms with E-state index in [9.17, 15) is 26.3 Å². The van der Waals surface area contributed by atoms with Crippen molar-refractivity contribution in [3.63, 3.8) is 0 Å². The van der Waals surface area contributed by atoms with Gasteiger partial charge in [0, 0.05) is 6.54 Å². The molecule has 20 heavy (non-hydrogen) atoms. The van der Waals surface area contributed by atoms with Gasteiger partial charge in [-0.05, 0) is 18.2 Å². The van der Waals surface area contributed by atoms with Gasteiger partial charge in [0.05, 0.1) is 23.0 Å². The molecule has 0 saturated carbocycles. The number of alkyl halides is 6. The van der Waals surface area contributed by atoms with E-state index in [0.717, 1.165) is 22.8 Å². The molecule has 2 aromatic rings. The minimum atomic E-state index is -4.54. The van der Waals surface area contributed by atoms with Crippen molar-refractivity contribution >= 4 is 17.0 Å². The summed E-state index contributed by atoms with van der Waals surface area (Å²) in [7, 11) is 0. The third-order valence-corrected chi connectivity index (χ3v) is 2.72. The van der Waals surface area contributed by atoms with Crippen LogP contribution in [0.2, 0.25) is 0 Å². The van der Waals surface area contributed by atoms with Crippen LogP contribution in [-0.2, 0) is 12.7 Å². The summed E-state index contributed by atoms with van der Waals surface area (Å²) in [6, 6.07) is 2.61. The summed E-state index contributed by atoms with van der Waals surface area (Å²) in [6.07, 6.45) is -10.1. The number of fused-ring (bicyclic) bond motifs is 1. The quantitative estimate of drug-likeness (QED) is 0.861. The molecule has 110 valence electrons. The molecule has 0 aliphatic heterocycles. The summed E-state index contributed by atoms with van der Waals surface area (Å²) in [5.74, 6) is -0.247. The summed E-state index contributed by atoms with van der Waals surface area (Å²) >= 11 is 0. The van der Waals surface area contributed by atoms with Crippen LogP contribution in [-0.4, -0.2) is 15.7 Å². The lowest BCUT2D eigenvalue weighted by Crippen LogP contribution is -2.13. The number of nitrogens with zero attached hydrogens (tertiary/aromatic N) is 2. The van der Waals surface area contributed by atoms with E-state index in [-0.39, 0.29) is 17.0 Å². The zero-order valence-corrected chi connectivity index (χ0v) is 9.89. The number of nitrogen functional groups attached to an aromatic ring is 1. The second-order valence-electron chi connectivity index (χ2n) is 4.19. The van der Waals surface area contributed by atoms with E-state index in [4.69, 9.17) is 5.73 Å². The highest BCUT2D eigenvalue weighted by atomic mass is 19.4. The summed E-state index contributed by atoms with van der Waals surface area (Å²) in [5.41, 5.74) is 4.57. The molecule has 1 heterocycles. The third kappa shape index (κ3) is 2.97. The predicted molar refractivity (Wildman–Crippen MR) is 59.8 cm³/mol. The van der Waals surface area contributed by atoms with Crippen LogP contribution in [0.3, 0.4) is 0 Å². The lowest BCUT2D eigenvalue weighted by molar-refractivity contribution is -0.137. The molecule has 0 spiro atoms. The number of hydrogen-bond acceptors (Lipinski definition) is 2. The van der Waals surface area contributed by atoms with Crippen molar-refractivity contribution in [2.75, 3.05) is 5.73 Å². The lowest BCUT2D eigenvalue weighted by Gasteiger charge is -2.10. The second-order valence-corrected chi connectivity index (χ2v) is 4.19. The first-order chi connectivity index (χ1) is 9.08. The maximum Gasteiger partial charge on any atom is 0.416 e. The van der Waals surface area contributed by atoms with Gasteiger partial charge in [0.1, 0.15) is 0 Å². The Hall–Kier alpha value is -1.93. The second kappa shape index (κ2) is 4.57. The Labute approximate surface area is 109 Å². The van der Waals surface area contributed by atoms with Crippen molar-refractivity contribution in [1.82, 2.24) is 9.55 Å². The van der Waals surface area contributed by atoms with E-state index >= 15 is 0 Å². The zero-order valence-electron chi connectivity index (χ0n) is 9.89. The van der Waals surface area contributed by atoms with Gasteiger partial charge in [-0.25, -0.2) is 4.98 Å². The Kier molecular flexibility index (Phi) is 3.31. The van der Waals surface area contributed by atoms with Crippen LogP contribution in [0.15, 0.2) is 18.2 Å². The van der Waals surface area contributed by atoms with Gasteiger partial charge in [0.15, 0.2) is 0 Å². The van der Waals surface area contributed by atoms with Gasteiger partial charge < -0.3 is 10.3 Å². The van der Waals surface area contributed by atoms with Crippen LogP contribution in [0, 0.1) is 0 Å². The van der Waals surface area contributed by atoms with Gasteiger partial charge in [-0.2, -0.15) is 26.3 Å². The summed E-state index contributed by atoms with van der Waals surface area (Å²) in [6.45, 7) is -0.489. The number of imidazole rings is 1. The molecule has 0 saturated heterocycles. The third-order valence-electron chi connectivity index (χ3n) is 2.72. The van der Waals surface area contributed by atoms with Crippen LogP contribution < -0.4 is 5.73 Å². The van der Waals surface area contributed by atoms with E-state index < -0.39 is 30.9 Å². The first-order valence-corrected chi connectivity index (χ1v) is 5.47. The first-order valence-electron chi connectivity index (χ1n) is 5.47. The number of hydrogen-bond donors (Lipinski definition) is 1. The van der Waals surface area contributed by atoms with Crippen molar-refractivity contribution in [2.24, 2.45) is 0 Å². The Morgan fingerprint density at radius 3 is 2.30 bits per heavy atom. The van der Waals surface area contributed by atoms with Crippen LogP contribution in [0.4, 0.5) is 32.3 Å². The molecule has 2 N–H and O–H groups in total. The van der Waals surface area contributed by atoms with Gasteiger partial charge in [0.25, 0.3) is 0 Å². The Morgan fingerprint density at radius 2 is 1.75 bits per heavy atom. The van der Waals surface area contributed by atoms with Gasteiger partial charge in [-0.1, -0.05) is 0 Å². The minimum Gasteiger partial charge on any atom is -0.369 e. The average molecular weight is 297 g/mol. The first kappa shape index (κ1) is 14.5. The molecule has 0 bridgehead atoms. The summed E-state index contributed by atoms with van der Waals surface area (Å²) in [4.78, 5) is 3.66. The fraction of sp³-hybridized carbons (Fsp3) is 0.364. The molecule has 1 aromatic heterocycles. The molecule has 0 aliphatic carbocycles. The number of anilines is 1. The highest BCUT2D eigenvalue weighted by Gasteiger charge is 2.31. The molecular weight excluding hydrogens is 288 g/mol. The molecule has 3 nitrogen and oxygen atoms in total. The van der Waals surface area contributed by atoms with Crippen molar-refractivity contribution in [3.05, 3.63) is 23.8 Å². The van der Waals surface area contributed by atoms with Crippen LogP contribution in [0.5, 0.6) is 0 Å². The van der Waals surface area contributed by atoms with Crippen molar-refractivity contribution < 1.29 is 26.3 Å². The average Bonchev–Trinajstić information content (AvgIpc) is 2.58. The van der Waals surface area contributed by atoms with Gasteiger partial charge in [-0.15, -0.1) is 0 Å². The summed E-state index contributed by atoms with van der Waals surface area (Å²) < 4.78 is 75.1. The zero-order chi connectivity index (χ0) is 15.1. The Bertz CT molecular complexity index is 625. The van der Waals surface area contributed by atoms with E-state index in [1.54, 1.807) is 0 Å². The summed E-state index contributed by atoms with van der Waals surface area (Å²) in [5, 5.41) is 0. The van der Waals surface area contributed by atoms with Crippen LogP contribution >= 0.6 is 0 Å². The molecule has 9 heteroatoms. The topological polar surface area (TPSA) is 43.8 Å². The Balaban J connectivity index is 2.40. The largest absolute Gasteiger partial charge is 0.416 e. The highest BCUT2D eigenvalue weighted by Crippen LogP contribution is 2.32.